The molecule has 2 saturated heterocycles. The summed E-state index contributed by atoms with van der Waals surface area (Å²) in [7, 11) is 1.86. The normalized spacial score (nSPS) is 22.5. The maximum atomic E-state index is 13.1. The Morgan fingerprint density at radius 1 is 1.16 bits per heavy atom. The van der Waals surface area contributed by atoms with Crippen LogP contribution in [0.15, 0.2) is 29.3 Å². The summed E-state index contributed by atoms with van der Waals surface area (Å²) >= 11 is 0. The number of guanidine groups is 1. The highest BCUT2D eigenvalue weighted by molar-refractivity contribution is 5.80. The first-order valence-electron chi connectivity index (χ1n) is 9.38. The zero-order chi connectivity index (χ0) is 17.6. The van der Waals surface area contributed by atoms with E-state index in [1.54, 1.807) is 0 Å². The van der Waals surface area contributed by atoms with Crippen LogP contribution in [0.2, 0.25) is 0 Å². The van der Waals surface area contributed by atoms with E-state index in [4.69, 9.17) is 0 Å². The average molecular weight is 347 g/mol. The van der Waals surface area contributed by atoms with Crippen LogP contribution in [0, 0.1) is 11.7 Å². The van der Waals surface area contributed by atoms with Crippen LogP contribution >= 0.6 is 0 Å². The van der Waals surface area contributed by atoms with Gasteiger partial charge in [-0.3, -0.25) is 4.99 Å². The number of likely N-dealkylation sites (tertiary alicyclic amines) is 1. The van der Waals surface area contributed by atoms with Crippen molar-refractivity contribution in [1.82, 2.24) is 15.1 Å². The number of hydrogen-bond donors (Lipinski definition) is 1. The molecule has 5 nitrogen and oxygen atoms in total. The van der Waals surface area contributed by atoms with Crippen molar-refractivity contribution in [2.75, 3.05) is 64.3 Å². The number of nitrogens with one attached hydrogen (secondary N) is 1. The summed E-state index contributed by atoms with van der Waals surface area (Å²) in [5.74, 6) is 1.55. The quantitative estimate of drug-likeness (QED) is 0.666. The molecule has 25 heavy (non-hydrogen) atoms. The van der Waals surface area contributed by atoms with E-state index >= 15 is 0 Å². The van der Waals surface area contributed by atoms with Gasteiger partial charge >= 0.3 is 0 Å². The van der Waals surface area contributed by atoms with Gasteiger partial charge in [0.1, 0.15) is 5.82 Å². The van der Waals surface area contributed by atoms with Crippen LogP contribution in [0.4, 0.5) is 10.1 Å². The van der Waals surface area contributed by atoms with Crippen molar-refractivity contribution in [2.24, 2.45) is 10.9 Å². The van der Waals surface area contributed by atoms with Gasteiger partial charge in [-0.25, -0.2) is 4.39 Å². The van der Waals surface area contributed by atoms with E-state index in [-0.39, 0.29) is 5.82 Å². The van der Waals surface area contributed by atoms with Crippen LogP contribution in [0.3, 0.4) is 0 Å². The Balaban J connectivity index is 1.46. The first-order chi connectivity index (χ1) is 12.2. The van der Waals surface area contributed by atoms with Gasteiger partial charge < -0.3 is 20.0 Å². The average Bonchev–Trinajstić information content (AvgIpc) is 3.11. The minimum absolute atomic E-state index is 0.180. The maximum Gasteiger partial charge on any atom is 0.193 e. The number of hydrogen-bond acceptors (Lipinski definition) is 3. The summed E-state index contributed by atoms with van der Waals surface area (Å²) in [5.41, 5.74) is 1.09. The molecule has 138 valence electrons. The third-order valence-electron chi connectivity index (χ3n) is 5.35. The van der Waals surface area contributed by atoms with Gasteiger partial charge in [0.05, 0.1) is 0 Å². The number of benzene rings is 1. The molecular formula is C19H30FN5. The molecular weight excluding hydrogens is 317 g/mol. The van der Waals surface area contributed by atoms with Gasteiger partial charge in [0, 0.05) is 52.0 Å². The number of piperazine rings is 1. The molecule has 0 saturated carbocycles. The predicted molar refractivity (Wildman–Crippen MR) is 102 cm³/mol. The fraction of sp³-hybridized carbons (Fsp3) is 0.632. The number of anilines is 1. The molecule has 3 rings (SSSR count). The van der Waals surface area contributed by atoms with Crippen LogP contribution in [0.1, 0.15) is 13.3 Å². The van der Waals surface area contributed by atoms with Gasteiger partial charge in [0.25, 0.3) is 0 Å². The fourth-order valence-corrected chi connectivity index (χ4v) is 3.76. The predicted octanol–water partition coefficient (Wildman–Crippen LogP) is 1.86. The lowest BCUT2D eigenvalue weighted by molar-refractivity contribution is 0.337. The highest BCUT2D eigenvalue weighted by atomic mass is 19.1. The number of rotatable bonds is 4. The topological polar surface area (TPSA) is 34.1 Å². The molecule has 1 aromatic rings. The van der Waals surface area contributed by atoms with Crippen molar-refractivity contribution in [3.05, 3.63) is 30.1 Å². The zero-order valence-electron chi connectivity index (χ0n) is 15.4. The lowest BCUT2D eigenvalue weighted by Crippen LogP contribution is -2.53. The van der Waals surface area contributed by atoms with Crippen molar-refractivity contribution in [3.8, 4) is 0 Å². The van der Waals surface area contributed by atoms with E-state index in [0.717, 1.165) is 56.8 Å². The van der Waals surface area contributed by atoms with Crippen molar-refractivity contribution >= 4 is 11.6 Å². The molecule has 1 aromatic carbocycles. The largest absolute Gasteiger partial charge is 0.368 e. The minimum atomic E-state index is -0.180. The van der Waals surface area contributed by atoms with Crippen molar-refractivity contribution in [1.29, 1.82) is 0 Å². The van der Waals surface area contributed by atoms with Crippen LogP contribution < -0.4 is 10.2 Å². The molecule has 2 aliphatic heterocycles. The molecule has 2 aliphatic rings. The lowest BCUT2D eigenvalue weighted by atomic mass is 10.1. The van der Waals surface area contributed by atoms with E-state index < -0.39 is 0 Å². The second kappa shape index (κ2) is 8.52. The van der Waals surface area contributed by atoms with E-state index in [0.29, 0.717) is 0 Å². The van der Waals surface area contributed by atoms with E-state index in [1.807, 2.05) is 19.2 Å². The summed E-state index contributed by atoms with van der Waals surface area (Å²) in [6.07, 6.45) is 1.27. The number of aliphatic imine (C=N–C) groups is 1. The lowest BCUT2D eigenvalue weighted by Gasteiger charge is -2.38. The molecule has 1 N–H and O–H groups in total. The van der Waals surface area contributed by atoms with Gasteiger partial charge in [0.15, 0.2) is 5.96 Å². The first-order valence-corrected chi connectivity index (χ1v) is 9.38. The molecule has 2 heterocycles. The smallest absolute Gasteiger partial charge is 0.193 e. The van der Waals surface area contributed by atoms with Gasteiger partial charge in [0.2, 0.25) is 0 Å². The Hall–Kier alpha value is -1.82. The Morgan fingerprint density at radius 3 is 2.48 bits per heavy atom. The third-order valence-corrected chi connectivity index (χ3v) is 5.35. The molecule has 2 fully saturated rings. The van der Waals surface area contributed by atoms with Crippen LogP contribution in [-0.2, 0) is 0 Å². The van der Waals surface area contributed by atoms with Gasteiger partial charge in [-0.2, -0.15) is 0 Å². The van der Waals surface area contributed by atoms with Gasteiger partial charge in [-0.1, -0.05) is 6.92 Å². The molecule has 0 aromatic heterocycles. The molecule has 0 aliphatic carbocycles. The standard InChI is InChI=1S/C19H30FN5/c1-3-23-9-8-16(15-23)14-22-19(21-2)25-12-10-24(11-13-25)18-6-4-17(20)5-7-18/h4-7,16H,3,8-15H2,1-2H3,(H,21,22). The van der Waals surface area contributed by atoms with E-state index in [2.05, 4.69) is 31.9 Å². The number of halogens is 1. The summed E-state index contributed by atoms with van der Waals surface area (Å²) in [5, 5.41) is 3.57. The Labute approximate surface area is 150 Å². The summed E-state index contributed by atoms with van der Waals surface area (Å²) < 4.78 is 13.1. The minimum Gasteiger partial charge on any atom is -0.368 e. The van der Waals surface area contributed by atoms with Crippen molar-refractivity contribution < 1.29 is 4.39 Å². The van der Waals surface area contributed by atoms with E-state index in [1.165, 1.54) is 31.6 Å². The highest BCUT2D eigenvalue weighted by Gasteiger charge is 2.23. The van der Waals surface area contributed by atoms with E-state index in [9.17, 15) is 4.39 Å². The second-order valence-electron chi connectivity index (χ2n) is 6.93. The van der Waals surface area contributed by atoms with Crippen LogP contribution in [0.5, 0.6) is 0 Å². The monoisotopic (exact) mass is 347 g/mol. The summed E-state index contributed by atoms with van der Waals surface area (Å²) in [6, 6.07) is 6.78. The van der Waals surface area contributed by atoms with Gasteiger partial charge in [-0.15, -0.1) is 0 Å². The highest BCUT2D eigenvalue weighted by Crippen LogP contribution is 2.17. The molecule has 1 atom stereocenters. The second-order valence-corrected chi connectivity index (χ2v) is 6.93. The van der Waals surface area contributed by atoms with Gasteiger partial charge in [-0.05, 0) is 49.7 Å². The fourth-order valence-electron chi connectivity index (χ4n) is 3.76. The van der Waals surface area contributed by atoms with Crippen LogP contribution in [0.25, 0.3) is 0 Å². The zero-order valence-corrected chi connectivity index (χ0v) is 15.4. The maximum absolute atomic E-state index is 13.1. The Morgan fingerprint density at radius 2 is 1.88 bits per heavy atom. The van der Waals surface area contributed by atoms with Crippen molar-refractivity contribution in [3.63, 3.8) is 0 Å². The Bertz CT molecular complexity index is 566. The van der Waals surface area contributed by atoms with Crippen LogP contribution in [-0.4, -0.2) is 75.2 Å². The first kappa shape index (κ1) is 18.0. The Kier molecular flexibility index (Phi) is 6.13. The molecule has 0 amide bonds. The number of nitrogens with zero attached hydrogens (tertiary/aromatic N) is 4. The molecule has 0 spiro atoms. The molecule has 6 heteroatoms. The third kappa shape index (κ3) is 4.63. The van der Waals surface area contributed by atoms with Crippen molar-refractivity contribution in [2.45, 2.75) is 13.3 Å². The molecule has 0 radical (unpaired) electrons. The molecule has 0 bridgehead atoms. The summed E-state index contributed by atoms with van der Waals surface area (Å²) in [6.45, 7) is 10.5. The SMILES string of the molecule is CCN1CCC(CNC(=NC)N2CCN(c3ccc(F)cc3)CC2)C1. The summed E-state index contributed by atoms with van der Waals surface area (Å²) in [4.78, 5) is 11.6. The molecule has 1 unspecified atom stereocenters.